The number of rotatable bonds is 6. The van der Waals surface area contributed by atoms with Crippen molar-refractivity contribution in [1.29, 1.82) is 0 Å². The zero-order valence-corrected chi connectivity index (χ0v) is 18.8. The Morgan fingerprint density at radius 2 is 1.65 bits per heavy atom. The molecule has 0 atom stereocenters. The van der Waals surface area contributed by atoms with E-state index in [1.807, 2.05) is 27.7 Å². The number of hydrogen-bond donors (Lipinski definition) is 3. The van der Waals surface area contributed by atoms with Gasteiger partial charge in [0.25, 0.3) is 0 Å². The van der Waals surface area contributed by atoms with Gasteiger partial charge in [-0.25, -0.2) is 13.1 Å². The summed E-state index contributed by atoms with van der Waals surface area (Å²) in [6.07, 6.45) is 0. The molecule has 7 nitrogen and oxygen atoms in total. The Hall–Kier alpha value is -1.15. The molecule has 0 aromatic carbocycles. The molecule has 0 aromatic heterocycles. The molecule has 0 fully saturated rings. The summed E-state index contributed by atoms with van der Waals surface area (Å²) in [5.41, 5.74) is 0. The predicted molar refractivity (Wildman–Crippen MR) is 111 cm³/mol. The molecule has 1 amide bonds. The topological polar surface area (TPSA) is 99.7 Å². The van der Waals surface area contributed by atoms with Crippen LogP contribution in [0.2, 0.25) is 0 Å². The molecule has 0 radical (unpaired) electrons. The summed E-state index contributed by atoms with van der Waals surface area (Å²) in [6, 6.07) is 0. The Kier molecular flexibility index (Phi) is 14.6. The maximum absolute atomic E-state index is 11.1. The van der Waals surface area contributed by atoms with Gasteiger partial charge in [0, 0.05) is 32.0 Å². The molecule has 1 heterocycles. The van der Waals surface area contributed by atoms with Crippen molar-refractivity contribution in [3.63, 3.8) is 0 Å². The van der Waals surface area contributed by atoms with Crippen molar-refractivity contribution in [3.8, 4) is 0 Å². The van der Waals surface area contributed by atoms with E-state index in [1.165, 1.54) is 5.84 Å². The Labute approximate surface area is 160 Å². The van der Waals surface area contributed by atoms with Gasteiger partial charge in [0.1, 0.15) is 0 Å². The second-order valence-electron chi connectivity index (χ2n) is 7.45. The molecule has 8 heteroatoms. The average molecular weight is 393 g/mol. The lowest BCUT2D eigenvalue weighted by Crippen LogP contribution is -2.33. The van der Waals surface area contributed by atoms with Gasteiger partial charge in [0.15, 0.2) is 0 Å². The van der Waals surface area contributed by atoms with Gasteiger partial charge in [0.2, 0.25) is 15.9 Å². The Balaban J connectivity index is 0. The molecule has 1 aliphatic rings. The Bertz CT molecular complexity index is 513. The smallest absolute Gasteiger partial charge is 0.222 e. The second kappa shape index (κ2) is 14.0. The molecule has 1 aliphatic heterocycles. The van der Waals surface area contributed by atoms with E-state index in [2.05, 4.69) is 34.2 Å². The van der Waals surface area contributed by atoms with Crippen LogP contribution in [0.25, 0.3) is 0 Å². The maximum atomic E-state index is 11.1. The quantitative estimate of drug-likeness (QED) is 0.644. The van der Waals surface area contributed by atoms with Gasteiger partial charge < -0.3 is 10.6 Å². The monoisotopic (exact) mass is 392 g/mol. The highest BCUT2D eigenvalue weighted by atomic mass is 32.2. The maximum Gasteiger partial charge on any atom is 0.222 e. The summed E-state index contributed by atoms with van der Waals surface area (Å²) in [5, 5.41) is 5.40. The number of nitrogens with one attached hydrogen (secondary N) is 3. The van der Waals surface area contributed by atoms with E-state index < -0.39 is 10.0 Å². The first-order valence-corrected chi connectivity index (χ1v) is 10.9. The molecule has 0 spiro atoms. The Morgan fingerprint density at radius 3 is 1.85 bits per heavy atom. The van der Waals surface area contributed by atoms with E-state index in [1.54, 1.807) is 20.9 Å². The van der Waals surface area contributed by atoms with Gasteiger partial charge in [0.05, 0.1) is 17.6 Å². The molecule has 0 saturated carbocycles. The van der Waals surface area contributed by atoms with Gasteiger partial charge in [-0.15, -0.1) is 0 Å². The minimum atomic E-state index is -3.04. The SMILES string of the molecule is CC(C)C1=NCCN1.CC(C)CNS(=O)(=O)C(C)C.CNC(=O)C(C)C. The molecule has 0 unspecified atom stereocenters. The minimum Gasteiger partial charge on any atom is -0.372 e. The van der Waals surface area contributed by atoms with Crippen LogP contribution in [0.1, 0.15) is 55.4 Å². The molecule has 0 saturated heterocycles. The van der Waals surface area contributed by atoms with Crippen LogP contribution in [-0.2, 0) is 14.8 Å². The van der Waals surface area contributed by atoms with E-state index in [0.29, 0.717) is 18.4 Å². The molecule has 3 N–H and O–H groups in total. The van der Waals surface area contributed by atoms with Crippen LogP contribution in [0, 0.1) is 17.8 Å². The molecule has 0 aromatic rings. The van der Waals surface area contributed by atoms with E-state index in [0.717, 1.165) is 13.1 Å². The third-order valence-corrected chi connectivity index (χ3v) is 5.14. The van der Waals surface area contributed by atoms with Crippen LogP contribution in [0.5, 0.6) is 0 Å². The van der Waals surface area contributed by atoms with E-state index >= 15 is 0 Å². The van der Waals surface area contributed by atoms with Crippen molar-refractivity contribution in [2.24, 2.45) is 22.7 Å². The summed E-state index contributed by atoms with van der Waals surface area (Å²) in [7, 11) is -1.40. The van der Waals surface area contributed by atoms with Crippen LogP contribution >= 0.6 is 0 Å². The fourth-order valence-corrected chi connectivity index (χ4v) is 2.44. The number of carbonyl (C=O) groups excluding carboxylic acids is 1. The van der Waals surface area contributed by atoms with Crippen molar-refractivity contribution in [1.82, 2.24) is 15.4 Å². The first-order valence-electron chi connectivity index (χ1n) is 9.33. The van der Waals surface area contributed by atoms with Gasteiger partial charge in [-0.3, -0.25) is 9.79 Å². The van der Waals surface area contributed by atoms with E-state index in [9.17, 15) is 13.2 Å². The predicted octanol–water partition coefficient (Wildman–Crippen LogP) is 2.00. The number of sulfonamides is 1. The summed E-state index contributed by atoms with van der Waals surface area (Å²) >= 11 is 0. The Morgan fingerprint density at radius 1 is 1.12 bits per heavy atom. The van der Waals surface area contributed by atoms with Crippen molar-refractivity contribution in [2.45, 2.75) is 60.6 Å². The second-order valence-corrected chi connectivity index (χ2v) is 9.77. The van der Waals surface area contributed by atoms with Crippen LogP contribution in [0.3, 0.4) is 0 Å². The zero-order valence-electron chi connectivity index (χ0n) is 18.0. The van der Waals surface area contributed by atoms with Crippen LogP contribution in [0.4, 0.5) is 0 Å². The molecule has 26 heavy (non-hydrogen) atoms. The summed E-state index contributed by atoms with van der Waals surface area (Å²) in [6.45, 7) is 17.8. The van der Waals surface area contributed by atoms with Crippen molar-refractivity contribution in [3.05, 3.63) is 0 Å². The van der Waals surface area contributed by atoms with Crippen molar-refractivity contribution >= 4 is 21.8 Å². The lowest BCUT2D eigenvalue weighted by atomic mass is 10.2. The number of nitrogens with zero attached hydrogens (tertiary/aromatic N) is 1. The number of carbonyl (C=O) groups is 1. The van der Waals surface area contributed by atoms with Crippen LogP contribution in [-0.4, -0.2) is 52.1 Å². The molecular weight excluding hydrogens is 352 g/mol. The van der Waals surface area contributed by atoms with Gasteiger partial charge in [-0.05, 0) is 19.8 Å². The van der Waals surface area contributed by atoms with Crippen molar-refractivity contribution in [2.75, 3.05) is 26.7 Å². The van der Waals surface area contributed by atoms with Crippen LogP contribution in [0.15, 0.2) is 4.99 Å². The standard InChI is InChI=1S/C7H17NO2S.C6H12N2.C5H11NO/c1-6(2)5-8-11(9,10)7(3)4;1-5(2)6-7-3-4-8-6;1-4(2)5(7)6-3/h6-8H,5H2,1-4H3;5H,3-4H2,1-2H3,(H,7,8);4H,1-3H3,(H,6,7). The number of amidine groups is 1. The fourth-order valence-electron chi connectivity index (χ4n) is 1.54. The normalized spacial score (nSPS) is 13.7. The van der Waals surface area contributed by atoms with Gasteiger partial charge >= 0.3 is 0 Å². The molecule has 156 valence electrons. The summed E-state index contributed by atoms with van der Waals surface area (Å²) < 4.78 is 24.8. The lowest BCUT2D eigenvalue weighted by Gasteiger charge is -2.10. The average Bonchev–Trinajstić information content (AvgIpc) is 3.08. The highest BCUT2D eigenvalue weighted by molar-refractivity contribution is 7.90. The van der Waals surface area contributed by atoms with E-state index in [-0.39, 0.29) is 17.1 Å². The van der Waals surface area contributed by atoms with E-state index in [4.69, 9.17) is 0 Å². The molecular formula is C18H40N4O3S. The number of aliphatic imine (C=N–C) groups is 1. The third kappa shape index (κ3) is 14.1. The molecule has 1 rings (SSSR count). The number of hydrogen-bond acceptors (Lipinski definition) is 5. The first-order chi connectivity index (χ1) is 11.8. The lowest BCUT2D eigenvalue weighted by molar-refractivity contribution is -0.123. The summed E-state index contributed by atoms with van der Waals surface area (Å²) in [5.74, 6) is 2.33. The molecule has 0 aliphatic carbocycles. The third-order valence-electron chi connectivity index (χ3n) is 3.33. The number of amides is 1. The largest absolute Gasteiger partial charge is 0.372 e. The molecule has 0 bridgehead atoms. The minimum absolute atomic E-state index is 0.0972. The van der Waals surface area contributed by atoms with Gasteiger partial charge in [-0.1, -0.05) is 41.5 Å². The zero-order chi connectivity index (χ0) is 20.9. The van der Waals surface area contributed by atoms with Gasteiger partial charge in [-0.2, -0.15) is 0 Å². The van der Waals surface area contributed by atoms with Crippen molar-refractivity contribution < 1.29 is 13.2 Å². The fraction of sp³-hybridized carbons (Fsp3) is 0.889. The highest BCUT2D eigenvalue weighted by Crippen LogP contribution is 1.98. The summed E-state index contributed by atoms with van der Waals surface area (Å²) in [4.78, 5) is 14.6. The first kappa shape index (κ1) is 27.1. The van der Waals surface area contributed by atoms with Crippen LogP contribution < -0.4 is 15.4 Å². The highest BCUT2D eigenvalue weighted by Gasteiger charge is 2.14.